The van der Waals surface area contributed by atoms with Gasteiger partial charge in [-0.3, -0.25) is 4.79 Å². The number of hydrogen-bond donors (Lipinski definition) is 2. The maximum atomic E-state index is 10.5. The number of nitrogens with one attached hydrogen (secondary N) is 1. The Hall–Kier alpha value is -1.77. The first-order valence-electron chi connectivity index (χ1n) is 4.01. The average molecular weight is 175 g/mol. The number of dihydropyridines is 1. The van der Waals surface area contributed by atoms with Crippen molar-refractivity contribution < 1.29 is 9.90 Å². The predicted molar refractivity (Wildman–Crippen MR) is 49.0 cm³/mol. The van der Waals surface area contributed by atoms with Gasteiger partial charge in [0.25, 0.3) is 0 Å². The molecule has 2 aliphatic rings. The molecule has 1 aliphatic carbocycles. The second-order valence-corrected chi connectivity index (χ2v) is 2.98. The van der Waals surface area contributed by atoms with E-state index in [1.165, 1.54) is 0 Å². The minimum absolute atomic E-state index is 0.00583. The largest absolute Gasteiger partial charge is 0.508 e. The number of carbonyl (C=O) groups is 1. The second-order valence-electron chi connectivity index (χ2n) is 2.98. The number of carbonyl (C=O) groups excluding carboxylic acids is 1. The molecular formula is C10H9NO2. The average Bonchev–Trinajstić information content (AvgIpc) is 2.17. The minimum atomic E-state index is -0.00583. The monoisotopic (exact) mass is 175 g/mol. The summed E-state index contributed by atoms with van der Waals surface area (Å²) in [4.78, 5) is 10.5. The highest BCUT2D eigenvalue weighted by molar-refractivity contribution is 5.79. The molecule has 3 heteroatoms. The van der Waals surface area contributed by atoms with Crippen LogP contribution in [0.15, 0.2) is 47.4 Å². The van der Waals surface area contributed by atoms with Gasteiger partial charge in [-0.1, -0.05) is 6.08 Å². The van der Waals surface area contributed by atoms with E-state index in [2.05, 4.69) is 5.32 Å². The van der Waals surface area contributed by atoms with Gasteiger partial charge >= 0.3 is 0 Å². The third-order valence-electron chi connectivity index (χ3n) is 2.04. The van der Waals surface area contributed by atoms with Crippen LogP contribution in [0, 0.1) is 0 Å². The molecule has 0 saturated carbocycles. The Bertz CT molecular complexity index is 361. The highest BCUT2D eigenvalue weighted by Gasteiger charge is 2.16. The summed E-state index contributed by atoms with van der Waals surface area (Å²) in [5.74, 6) is 0.248. The van der Waals surface area contributed by atoms with Gasteiger partial charge in [0.1, 0.15) is 5.76 Å². The maximum Gasteiger partial charge on any atom is 0.151 e. The molecule has 2 rings (SSSR count). The van der Waals surface area contributed by atoms with Crippen molar-refractivity contribution >= 4 is 6.29 Å². The van der Waals surface area contributed by atoms with Crippen molar-refractivity contribution in [3.05, 3.63) is 47.4 Å². The summed E-state index contributed by atoms with van der Waals surface area (Å²) >= 11 is 0. The number of aliphatic hydroxyl groups is 1. The van der Waals surface area contributed by atoms with Crippen LogP contribution in [0.2, 0.25) is 0 Å². The lowest BCUT2D eigenvalue weighted by Gasteiger charge is -2.22. The lowest BCUT2D eigenvalue weighted by atomic mass is 9.97. The molecule has 3 nitrogen and oxygen atoms in total. The van der Waals surface area contributed by atoms with Gasteiger partial charge in [0.2, 0.25) is 0 Å². The number of aliphatic hydroxyl groups excluding tert-OH is 1. The Morgan fingerprint density at radius 2 is 2.31 bits per heavy atom. The van der Waals surface area contributed by atoms with E-state index in [0.717, 1.165) is 11.9 Å². The Morgan fingerprint density at radius 1 is 1.46 bits per heavy atom. The van der Waals surface area contributed by atoms with Crippen LogP contribution in [-0.2, 0) is 4.79 Å². The zero-order valence-corrected chi connectivity index (χ0v) is 6.90. The van der Waals surface area contributed by atoms with Crippen LogP contribution < -0.4 is 5.32 Å². The highest BCUT2D eigenvalue weighted by Crippen LogP contribution is 2.19. The number of fused-ring (bicyclic) bond motifs is 1. The summed E-state index contributed by atoms with van der Waals surface area (Å²) in [7, 11) is 0. The van der Waals surface area contributed by atoms with Gasteiger partial charge in [0.15, 0.2) is 6.29 Å². The summed E-state index contributed by atoms with van der Waals surface area (Å²) in [5.41, 5.74) is 1.60. The Kier molecular flexibility index (Phi) is 1.77. The van der Waals surface area contributed by atoms with Crippen LogP contribution in [-0.4, -0.2) is 17.4 Å². The van der Waals surface area contributed by atoms with Crippen molar-refractivity contribution in [1.82, 2.24) is 5.32 Å². The first kappa shape index (κ1) is 7.86. The van der Waals surface area contributed by atoms with Gasteiger partial charge in [-0.15, -0.1) is 0 Å². The van der Waals surface area contributed by atoms with Crippen molar-refractivity contribution in [2.75, 3.05) is 0 Å². The quantitative estimate of drug-likeness (QED) is 0.584. The second kappa shape index (κ2) is 2.94. The molecule has 1 aliphatic heterocycles. The van der Waals surface area contributed by atoms with E-state index in [1.807, 2.05) is 0 Å². The van der Waals surface area contributed by atoms with Gasteiger partial charge in [0, 0.05) is 11.8 Å². The summed E-state index contributed by atoms with van der Waals surface area (Å²) in [6.07, 6.45) is 9.34. The van der Waals surface area contributed by atoms with Gasteiger partial charge < -0.3 is 10.4 Å². The lowest BCUT2D eigenvalue weighted by Crippen LogP contribution is -2.28. The number of rotatable bonds is 1. The molecule has 0 radical (unpaired) electrons. The molecule has 0 aromatic rings. The third-order valence-corrected chi connectivity index (χ3v) is 2.04. The lowest BCUT2D eigenvalue weighted by molar-refractivity contribution is -0.104. The molecule has 0 spiro atoms. The van der Waals surface area contributed by atoms with E-state index < -0.39 is 0 Å². The van der Waals surface area contributed by atoms with Crippen LogP contribution in [0.25, 0.3) is 0 Å². The van der Waals surface area contributed by atoms with E-state index in [4.69, 9.17) is 0 Å². The van der Waals surface area contributed by atoms with Gasteiger partial charge in [0.05, 0.1) is 6.04 Å². The van der Waals surface area contributed by atoms with E-state index in [1.54, 1.807) is 30.5 Å². The summed E-state index contributed by atoms with van der Waals surface area (Å²) < 4.78 is 0. The molecule has 0 saturated heterocycles. The van der Waals surface area contributed by atoms with Crippen LogP contribution in [0.5, 0.6) is 0 Å². The van der Waals surface area contributed by atoms with E-state index in [0.29, 0.717) is 5.57 Å². The number of allylic oxidation sites excluding steroid dienone is 3. The summed E-state index contributed by atoms with van der Waals surface area (Å²) in [6.45, 7) is 0. The normalized spacial score (nSPS) is 24.9. The van der Waals surface area contributed by atoms with Gasteiger partial charge in [-0.05, 0) is 23.8 Å². The maximum absolute atomic E-state index is 10.5. The van der Waals surface area contributed by atoms with E-state index in [9.17, 15) is 9.90 Å². The van der Waals surface area contributed by atoms with Crippen molar-refractivity contribution in [2.45, 2.75) is 6.04 Å². The molecule has 66 valence electrons. The zero-order chi connectivity index (χ0) is 9.26. The molecule has 1 unspecified atom stereocenters. The van der Waals surface area contributed by atoms with Crippen molar-refractivity contribution in [3.8, 4) is 0 Å². The number of aldehydes is 1. The van der Waals surface area contributed by atoms with Crippen molar-refractivity contribution in [2.24, 2.45) is 0 Å². The molecule has 0 aromatic heterocycles. The highest BCUT2D eigenvalue weighted by atomic mass is 16.3. The Balaban J connectivity index is 2.31. The Labute approximate surface area is 75.8 Å². The zero-order valence-electron chi connectivity index (χ0n) is 6.90. The van der Waals surface area contributed by atoms with Crippen LogP contribution in [0.1, 0.15) is 0 Å². The topological polar surface area (TPSA) is 49.3 Å². The molecule has 1 atom stereocenters. The van der Waals surface area contributed by atoms with E-state index >= 15 is 0 Å². The third kappa shape index (κ3) is 1.40. The molecule has 1 heterocycles. The van der Waals surface area contributed by atoms with Crippen LogP contribution >= 0.6 is 0 Å². The summed E-state index contributed by atoms with van der Waals surface area (Å²) in [5, 5.41) is 12.2. The fraction of sp³-hybridized carbons (Fsp3) is 0.100. The van der Waals surface area contributed by atoms with Crippen molar-refractivity contribution in [3.63, 3.8) is 0 Å². The van der Waals surface area contributed by atoms with Gasteiger partial charge in [-0.2, -0.15) is 0 Å². The summed E-state index contributed by atoms with van der Waals surface area (Å²) in [6, 6.07) is -0.00583. The Morgan fingerprint density at radius 3 is 3.08 bits per heavy atom. The SMILES string of the molecule is O=CC1=CNC2C=C(O)C=CC2=C1. The number of hydrogen-bond acceptors (Lipinski definition) is 3. The molecule has 0 fully saturated rings. The molecule has 13 heavy (non-hydrogen) atoms. The molecule has 2 N–H and O–H groups in total. The first-order valence-corrected chi connectivity index (χ1v) is 4.01. The predicted octanol–water partition coefficient (Wildman–Crippen LogP) is 0.979. The molecule has 0 amide bonds. The molecular weight excluding hydrogens is 166 g/mol. The molecule has 0 bridgehead atoms. The standard InChI is InChI=1S/C10H9NO2/c12-6-7-3-8-1-2-9(13)4-10(8)11-5-7/h1-6,10-11,13H. The van der Waals surface area contributed by atoms with E-state index in [-0.39, 0.29) is 11.8 Å². The van der Waals surface area contributed by atoms with Crippen LogP contribution in [0.4, 0.5) is 0 Å². The fourth-order valence-corrected chi connectivity index (χ4v) is 1.38. The van der Waals surface area contributed by atoms with Gasteiger partial charge in [-0.25, -0.2) is 0 Å². The van der Waals surface area contributed by atoms with Crippen LogP contribution in [0.3, 0.4) is 0 Å². The van der Waals surface area contributed by atoms with Crippen molar-refractivity contribution in [1.29, 1.82) is 0 Å². The first-order chi connectivity index (χ1) is 6.29. The smallest absolute Gasteiger partial charge is 0.151 e. The minimum Gasteiger partial charge on any atom is -0.508 e. The fourth-order valence-electron chi connectivity index (χ4n) is 1.38. The molecule has 0 aromatic carbocycles.